The van der Waals surface area contributed by atoms with Crippen molar-refractivity contribution in [3.63, 3.8) is 0 Å². The average molecular weight is 250 g/mol. The maximum atomic E-state index is 9.11. The van der Waals surface area contributed by atoms with Gasteiger partial charge in [-0.2, -0.15) is 0 Å². The molecule has 1 atom stereocenters. The summed E-state index contributed by atoms with van der Waals surface area (Å²) in [6, 6.07) is 2.24. The number of nitrogens with two attached hydrogens (primary N) is 1. The number of hydrogen-bond donors (Lipinski definition) is 2. The number of aliphatic hydroxyl groups is 1. The molecule has 2 rings (SSSR count). The fourth-order valence-electron chi connectivity index (χ4n) is 2.65. The Kier molecular flexibility index (Phi) is 4.49. The third kappa shape index (κ3) is 3.40. The number of aliphatic hydroxyl groups excluding tert-OH is 1. The van der Waals surface area contributed by atoms with Crippen molar-refractivity contribution < 1.29 is 5.11 Å². The number of anilines is 1. The summed E-state index contributed by atoms with van der Waals surface area (Å²) in [5.74, 6) is 1.32. The van der Waals surface area contributed by atoms with Crippen LogP contribution in [-0.4, -0.2) is 39.2 Å². The molecule has 0 spiro atoms. The fourth-order valence-corrected chi connectivity index (χ4v) is 2.65. The smallest absolute Gasteiger partial charge is 0.144 e. The maximum absolute atomic E-state index is 9.11. The first-order chi connectivity index (χ1) is 8.69. The predicted octanol–water partition coefficient (Wildman–Crippen LogP) is 1.10. The van der Waals surface area contributed by atoms with Crippen molar-refractivity contribution in [1.29, 1.82) is 0 Å². The van der Waals surface area contributed by atoms with Crippen LogP contribution >= 0.6 is 0 Å². The number of rotatable bonds is 4. The zero-order valence-corrected chi connectivity index (χ0v) is 11.0. The maximum Gasteiger partial charge on any atom is 0.144 e. The van der Waals surface area contributed by atoms with Gasteiger partial charge in [-0.05, 0) is 32.7 Å². The summed E-state index contributed by atoms with van der Waals surface area (Å²) < 4.78 is 0. The second-order valence-corrected chi connectivity index (χ2v) is 4.98. The molecule has 1 fully saturated rings. The van der Waals surface area contributed by atoms with E-state index in [1.165, 1.54) is 12.8 Å². The number of aromatic nitrogens is 2. The predicted molar refractivity (Wildman–Crippen MR) is 70.9 cm³/mol. The standard InChI is InChI=1S/C13H22N4O/c1-10-8-12(14)16-13(15-10)9-17-6-3-2-4-11(17)5-7-18/h8,11,18H,2-7,9H2,1H3,(H2,14,15,16). The van der Waals surface area contributed by atoms with Crippen LogP contribution in [0, 0.1) is 6.92 Å². The van der Waals surface area contributed by atoms with Crippen LogP contribution < -0.4 is 5.73 Å². The van der Waals surface area contributed by atoms with Gasteiger partial charge in [0.05, 0.1) is 6.54 Å². The Bertz CT molecular complexity index is 374. The number of nitrogen functional groups attached to an aromatic ring is 1. The first-order valence-corrected chi connectivity index (χ1v) is 6.64. The monoisotopic (exact) mass is 250 g/mol. The van der Waals surface area contributed by atoms with E-state index in [2.05, 4.69) is 14.9 Å². The normalized spacial score (nSPS) is 21.1. The van der Waals surface area contributed by atoms with E-state index in [0.29, 0.717) is 11.9 Å². The highest BCUT2D eigenvalue weighted by Gasteiger charge is 2.22. The summed E-state index contributed by atoms with van der Waals surface area (Å²) in [6.07, 6.45) is 4.45. The van der Waals surface area contributed by atoms with Gasteiger partial charge in [-0.3, -0.25) is 4.90 Å². The minimum atomic E-state index is 0.248. The van der Waals surface area contributed by atoms with Gasteiger partial charge in [-0.1, -0.05) is 6.42 Å². The Morgan fingerprint density at radius 2 is 2.28 bits per heavy atom. The lowest BCUT2D eigenvalue weighted by molar-refractivity contribution is 0.110. The first kappa shape index (κ1) is 13.2. The van der Waals surface area contributed by atoms with Gasteiger partial charge in [0, 0.05) is 24.4 Å². The summed E-state index contributed by atoms with van der Waals surface area (Å²) in [6.45, 7) is 3.97. The molecule has 1 aliphatic heterocycles. The van der Waals surface area contributed by atoms with Crippen LogP contribution in [0.25, 0.3) is 0 Å². The molecule has 1 saturated heterocycles. The number of piperidine rings is 1. The van der Waals surface area contributed by atoms with E-state index >= 15 is 0 Å². The van der Waals surface area contributed by atoms with Crippen LogP contribution in [0.2, 0.25) is 0 Å². The Labute approximate surface area is 108 Å². The van der Waals surface area contributed by atoms with Crippen molar-refractivity contribution in [3.05, 3.63) is 17.6 Å². The zero-order chi connectivity index (χ0) is 13.0. The van der Waals surface area contributed by atoms with E-state index in [4.69, 9.17) is 10.8 Å². The van der Waals surface area contributed by atoms with E-state index in [0.717, 1.165) is 37.4 Å². The number of aryl methyl sites for hydroxylation is 1. The highest BCUT2D eigenvalue weighted by molar-refractivity contribution is 5.29. The van der Waals surface area contributed by atoms with Crippen LogP contribution in [0.5, 0.6) is 0 Å². The highest BCUT2D eigenvalue weighted by Crippen LogP contribution is 2.21. The molecule has 2 heterocycles. The summed E-state index contributed by atoms with van der Waals surface area (Å²) in [5, 5.41) is 9.11. The minimum Gasteiger partial charge on any atom is -0.396 e. The van der Waals surface area contributed by atoms with Crippen molar-refractivity contribution in [3.8, 4) is 0 Å². The van der Waals surface area contributed by atoms with E-state index in [-0.39, 0.29) is 6.61 Å². The third-order valence-electron chi connectivity index (χ3n) is 3.48. The van der Waals surface area contributed by atoms with Crippen LogP contribution in [-0.2, 0) is 6.54 Å². The Morgan fingerprint density at radius 3 is 3.00 bits per heavy atom. The molecule has 3 N–H and O–H groups in total. The molecular formula is C13H22N4O. The molecule has 1 unspecified atom stereocenters. The SMILES string of the molecule is Cc1cc(N)nc(CN2CCCCC2CCO)n1. The lowest BCUT2D eigenvalue weighted by Crippen LogP contribution is -2.39. The van der Waals surface area contributed by atoms with E-state index in [1.54, 1.807) is 6.07 Å². The van der Waals surface area contributed by atoms with Crippen LogP contribution in [0.1, 0.15) is 37.2 Å². The van der Waals surface area contributed by atoms with Gasteiger partial charge in [-0.25, -0.2) is 9.97 Å². The van der Waals surface area contributed by atoms with Gasteiger partial charge in [0.25, 0.3) is 0 Å². The Morgan fingerprint density at radius 1 is 1.44 bits per heavy atom. The van der Waals surface area contributed by atoms with Crippen molar-refractivity contribution >= 4 is 5.82 Å². The lowest BCUT2D eigenvalue weighted by atomic mass is 10.00. The van der Waals surface area contributed by atoms with Gasteiger partial charge in [0.2, 0.25) is 0 Å². The molecule has 0 saturated carbocycles. The molecule has 100 valence electrons. The van der Waals surface area contributed by atoms with E-state index < -0.39 is 0 Å². The minimum absolute atomic E-state index is 0.248. The van der Waals surface area contributed by atoms with Gasteiger partial charge < -0.3 is 10.8 Å². The third-order valence-corrected chi connectivity index (χ3v) is 3.48. The van der Waals surface area contributed by atoms with Gasteiger partial charge in [0.1, 0.15) is 11.6 Å². The fraction of sp³-hybridized carbons (Fsp3) is 0.692. The summed E-state index contributed by atoms with van der Waals surface area (Å²) in [5.41, 5.74) is 6.66. The van der Waals surface area contributed by atoms with Crippen LogP contribution in [0.4, 0.5) is 5.82 Å². The van der Waals surface area contributed by atoms with Crippen LogP contribution in [0.15, 0.2) is 6.07 Å². The molecular weight excluding hydrogens is 228 g/mol. The topological polar surface area (TPSA) is 75.3 Å². The first-order valence-electron chi connectivity index (χ1n) is 6.64. The second-order valence-electron chi connectivity index (χ2n) is 4.98. The number of hydrogen-bond acceptors (Lipinski definition) is 5. The van der Waals surface area contributed by atoms with E-state index in [9.17, 15) is 0 Å². The Balaban J connectivity index is 2.05. The second kappa shape index (κ2) is 6.11. The molecule has 1 aromatic heterocycles. The number of nitrogens with zero attached hydrogens (tertiary/aromatic N) is 3. The Hall–Kier alpha value is -1.20. The number of likely N-dealkylation sites (tertiary alicyclic amines) is 1. The molecule has 5 nitrogen and oxygen atoms in total. The molecule has 1 aliphatic rings. The van der Waals surface area contributed by atoms with Gasteiger partial charge >= 0.3 is 0 Å². The summed E-state index contributed by atoms with van der Waals surface area (Å²) in [4.78, 5) is 11.1. The highest BCUT2D eigenvalue weighted by atomic mass is 16.3. The molecule has 5 heteroatoms. The van der Waals surface area contributed by atoms with Crippen molar-refractivity contribution in [2.45, 2.75) is 45.2 Å². The molecule has 0 aliphatic carbocycles. The van der Waals surface area contributed by atoms with Crippen molar-refractivity contribution in [2.75, 3.05) is 18.9 Å². The van der Waals surface area contributed by atoms with Gasteiger partial charge in [-0.15, -0.1) is 0 Å². The average Bonchev–Trinajstić information content (AvgIpc) is 2.30. The van der Waals surface area contributed by atoms with E-state index in [1.807, 2.05) is 6.92 Å². The van der Waals surface area contributed by atoms with Crippen molar-refractivity contribution in [2.24, 2.45) is 0 Å². The van der Waals surface area contributed by atoms with Gasteiger partial charge in [0.15, 0.2) is 0 Å². The quantitative estimate of drug-likeness (QED) is 0.837. The summed E-state index contributed by atoms with van der Waals surface area (Å²) >= 11 is 0. The molecule has 18 heavy (non-hydrogen) atoms. The molecule has 0 amide bonds. The molecule has 0 bridgehead atoms. The lowest BCUT2D eigenvalue weighted by Gasteiger charge is -2.34. The largest absolute Gasteiger partial charge is 0.396 e. The van der Waals surface area contributed by atoms with Crippen molar-refractivity contribution in [1.82, 2.24) is 14.9 Å². The molecule has 0 aromatic carbocycles. The summed E-state index contributed by atoms with van der Waals surface area (Å²) in [7, 11) is 0. The molecule has 0 radical (unpaired) electrons. The zero-order valence-electron chi connectivity index (χ0n) is 11.0. The molecule has 1 aromatic rings. The van der Waals surface area contributed by atoms with Crippen LogP contribution in [0.3, 0.4) is 0 Å².